The first-order chi connectivity index (χ1) is 9.15. The number of H-pyrrole nitrogens is 1. The number of aryl methyl sites for hydroxylation is 2. The van der Waals surface area contributed by atoms with Gasteiger partial charge < -0.3 is 11.1 Å². The number of anilines is 2. The van der Waals surface area contributed by atoms with Crippen molar-refractivity contribution in [3.63, 3.8) is 0 Å². The first kappa shape index (κ1) is 12.6. The molecule has 2 aromatic heterocycles. The van der Waals surface area contributed by atoms with Crippen molar-refractivity contribution in [3.05, 3.63) is 27.1 Å². The summed E-state index contributed by atoms with van der Waals surface area (Å²) in [6.45, 7) is 1.82. The number of nitrogen functional groups attached to an aromatic ring is 1. The fourth-order valence-corrected chi connectivity index (χ4v) is 4.23. The zero-order valence-corrected chi connectivity index (χ0v) is 12.1. The average molecular weight is 294 g/mol. The Balaban J connectivity index is 1.80. The van der Waals surface area contributed by atoms with Gasteiger partial charge in [-0.3, -0.25) is 9.89 Å². The van der Waals surface area contributed by atoms with Gasteiger partial charge in [-0.05, 0) is 30.7 Å². The van der Waals surface area contributed by atoms with E-state index in [0.717, 1.165) is 28.5 Å². The van der Waals surface area contributed by atoms with E-state index in [2.05, 4.69) is 15.5 Å². The summed E-state index contributed by atoms with van der Waals surface area (Å²) >= 11 is 3.48. The van der Waals surface area contributed by atoms with Gasteiger partial charge in [0, 0.05) is 10.6 Å². The number of amides is 1. The van der Waals surface area contributed by atoms with Gasteiger partial charge in [0.25, 0.3) is 5.91 Å². The fraction of sp³-hybridized carbons (Fsp3) is 0.333. The number of nitrogens with two attached hydrogens (primary N) is 1. The molecule has 100 valence electrons. The van der Waals surface area contributed by atoms with Crippen molar-refractivity contribution in [1.82, 2.24) is 10.2 Å². The average Bonchev–Trinajstić information content (AvgIpc) is 2.97. The summed E-state index contributed by atoms with van der Waals surface area (Å²) in [6.07, 6.45) is 1.06. The van der Waals surface area contributed by atoms with Crippen LogP contribution in [-0.2, 0) is 12.2 Å². The molecular formula is C12H14N4OS2. The van der Waals surface area contributed by atoms with Gasteiger partial charge in [-0.15, -0.1) is 11.3 Å². The van der Waals surface area contributed by atoms with E-state index in [-0.39, 0.29) is 5.91 Å². The maximum atomic E-state index is 12.2. The van der Waals surface area contributed by atoms with Gasteiger partial charge >= 0.3 is 0 Å². The molecule has 5 nitrogen and oxygen atoms in total. The van der Waals surface area contributed by atoms with Crippen LogP contribution in [0.1, 0.15) is 25.8 Å². The second-order valence-corrected chi connectivity index (χ2v) is 6.67. The third kappa shape index (κ3) is 2.35. The first-order valence-electron chi connectivity index (χ1n) is 5.96. The monoisotopic (exact) mass is 294 g/mol. The van der Waals surface area contributed by atoms with Crippen LogP contribution in [0, 0.1) is 6.92 Å². The Morgan fingerprint density at radius 3 is 3.11 bits per heavy atom. The standard InChI is InChI=1S/C12H14N4OS2/c1-6-10(13)11(16-15-6)14-12(17)9-4-7-5-18-3-2-8(7)19-9/h4H,2-3,5,13H2,1H3,(H2,14,15,16,17). The second-order valence-electron chi connectivity index (χ2n) is 4.43. The molecule has 1 aliphatic rings. The molecule has 0 radical (unpaired) electrons. The van der Waals surface area contributed by atoms with E-state index in [4.69, 9.17) is 5.73 Å². The fourth-order valence-electron chi connectivity index (χ4n) is 1.96. The van der Waals surface area contributed by atoms with Gasteiger partial charge in [-0.25, -0.2) is 0 Å². The summed E-state index contributed by atoms with van der Waals surface area (Å²) in [5.41, 5.74) is 8.36. The molecular weight excluding hydrogens is 280 g/mol. The van der Waals surface area contributed by atoms with Crippen molar-refractivity contribution in [2.75, 3.05) is 16.8 Å². The largest absolute Gasteiger partial charge is 0.394 e. The molecule has 3 rings (SSSR count). The predicted molar refractivity (Wildman–Crippen MR) is 79.9 cm³/mol. The highest BCUT2D eigenvalue weighted by Crippen LogP contribution is 2.32. The lowest BCUT2D eigenvalue weighted by Crippen LogP contribution is -2.11. The summed E-state index contributed by atoms with van der Waals surface area (Å²) < 4.78 is 0. The minimum absolute atomic E-state index is 0.136. The number of rotatable bonds is 2. The molecule has 2 aromatic rings. The molecule has 19 heavy (non-hydrogen) atoms. The molecule has 0 fully saturated rings. The zero-order valence-electron chi connectivity index (χ0n) is 10.4. The summed E-state index contributed by atoms with van der Waals surface area (Å²) in [7, 11) is 0. The summed E-state index contributed by atoms with van der Waals surface area (Å²) in [4.78, 5) is 14.2. The lowest BCUT2D eigenvalue weighted by molar-refractivity contribution is 0.103. The Labute approximate surface area is 119 Å². The van der Waals surface area contributed by atoms with Crippen LogP contribution in [-0.4, -0.2) is 21.9 Å². The first-order valence-corrected chi connectivity index (χ1v) is 7.93. The van der Waals surface area contributed by atoms with Crippen molar-refractivity contribution in [2.45, 2.75) is 19.1 Å². The number of carbonyl (C=O) groups excluding carboxylic acids is 1. The molecule has 1 amide bonds. The molecule has 0 spiro atoms. The van der Waals surface area contributed by atoms with E-state index in [9.17, 15) is 4.79 Å². The number of aromatic amines is 1. The van der Waals surface area contributed by atoms with Crippen molar-refractivity contribution < 1.29 is 4.79 Å². The Hall–Kier alpha value is -1.47. The molecule has 1 aliphatic heterocycles. The SMILES string of the molecule is Cc1[nH]nc(NC(=O)c2cc3c(s2)CCSC3)c1N. The molecule has 0 bridgehead atoms. The van der Waals surface area contributed by atoms with Gasteiger partial charge in [-0.2, -0.15) is 16.9 Å². The van der Waals surface area contributed by atoms with E-state index in [1.165, 1.54) is 10.4 Å². The predicted octanol–water partition coefficient (Wildman–Crippen LogP) is 2.40. The highest BCUT2D eigenvalue weighted by molar-refractivity contribution is 7.98. The maximum absolute atomic E-state index is 12.2. The van der Waals surface area contributed by atoms with Gasteiger partial charge in [0.1, 0.15) is 0 Å². The van der Waals surface area contributed by atoms with Gasteiger partial charge in [0.2, 0.25) is 0 Å². The quantitative estimate of drug-likeness (QED) is 0.794. The minimum Gasteiger partial charge on any atom is -0.394 e. The number of nitrogens with one attached hydrogen (secondary N) is 2. The van der Waals surface area contributed by atoms with E-state index in [1.807, 2.05) is 24.8 Å². The molecule has 7 heteroatoms. The molecule has 0 unspecified atom stereocenters. The minimum atomic E-state index is -0.136. The van der Waals surface area contributed by atoms with Crippen LogP contribution in [0.25, 0.3) is 0 Å². The molecule has 3 heterocycles. The van der Waals surface area contributed by atoms with E-state index < -0.39 is 0 Å². The second kappa shape index (κ2) is 4.90. The van der Waals surface area contributed by atoms with Crippen molar-refractivity contribution in [2.24, 2.45) is 0 Å². The zero-order chi connectivity index (χ0) is 13.4. The smallest absolute Gasteiger partial charge is 0.267 e. The highest BCUT2D eigenvalue weighted by atomic mass is 32.2. The van der Waals surface area contributed by atoms with Crippen LogP contribution in [0.4, 0.5) is 11.5 Å². The van der Waals surface area contributed by atoms with Crippen LogP contribution in [0.5, 0.6) is 0 Å². The number of thiophene rings is 1. The third-order valence-corrected chi connectivity index (χ3v) is 5.32. The number of carbonyl (C=O) groups is 1. The molecule has 0 saturated carbocycles. The number of aromatic nitrogens is 2. The third-order valence-electron chi connectivity index (χ3n) is 3.08. The van der Waals surface area contributed by atoms with Gasteiger partial charge in [-0.1, -0.05) is 0 Å². The summed E-state index contributed by atoms with van der Waals surface area (Å²) in [6, 6.07) is 1.98. The normalized spacial score (nSPS) is 14.2. The van der Waals surface area contributed by atoms with Crippen LogP contribution < -0.4 is 11.1 Å². The van der Waals surface area contributed by atoms with Crippen LogP contribution >= 0.6 is 23.1 Å². The number of hydrogen-bond donors (Lipinski definition) is 3. The van der Waals surface area contributed by atoms with E-state index >= 15 is 0 Å². The topological polar surface area (TPSA) is 83.8 Å². The van der Waals surface area contributed by atoms with Crippen molar-refractivity contribution in [1.29, 1.82) is 0 Å². The van der Waals surface area contributed by atoms with Gasteiger partial charge in [0.15, 0.2) is 5.82 Å². The van der Waals surface area contributed by atoms with Gasteiger partial charge in [0.05, 0.1) is 16.3 Å². The lowest BCUT2D eigenvalue weighted by Gasteiger charge is -2.08. The molecule has 0 aromatic carbocycles. The highest BCUT2D eigenvalue weighted by Gasteiger charge is 2.19. The summed E-state index contributed by atoms with van der Waals surface area (Å²) in [5, 5.41) is 9.49. The molecule has 0 saturated heterocycles. The molecule has 0 aliphatic carbocycles. The van der Waals surface area contributed by atoms with Crippen molar-refractivity contribution >= 4 is 40.5 Å². The van der Waals surface area contributed by atoms with Crippen LogP contribution in [0.15, 0.2) is 6.07 Å². The Kier molecular flexibility index (Phi) is 3.24. The van der Waals surface area contributed by atoms with E-state index in [1.54, 1.807) is 11.3 Å². The van der Waals surface area contributed by atoms with E-state index in [0.29, 0.717) is 11.5 Å². The lowest BCUT2D eigenvalue weighted by atomic mass is 10.2. The maximum Gasteiger partial charge on any atom is 0.267 e. The van der Waals surface area contributed by atoms with Crippen molar-refractivity contribution in [3.8, 4) is 0 Å². The van der Waals surface area contributed by atoms with Crippen LogP contribution in [0.3, 0.4) is 0 Å². The number of fused-ring (bicyclic) bond motifs is 1. The number of nitrogens with zero attached hydrogens (tertiary/aromatic N) is 1. The Morgan fingerprint density at radius 2 is 2.42 bits per heavy atom. The molecule has 0 atom stereocenters. The summed E-state index contributed by atoms with van der Waals surface area (Å²) in [5.74, 6) is 2.41. The number of hydrogen-bond acceptors (Lipinski definition) is 5. The Morgan fingerprint density at radius 1 is 1.58 bits per heavy atom. The molecule has 4 N–H and O–H groups in total. The Bertz CT molecular complexity index is 608. The van der Waals surface area contributed by atoms with Crippen LogP contribution in [0.2, 0.25) is 0 Å². The number of thioether (sulfide) groups is 1.